The highest BCUT2D eigenvalue weighted by molar-refractivity contribution is 5.90. The zero-order valence-electron chi connectivity index (χ0n) is 13.2. The van der Waals surface area contributed by atoms with Crippen LogP contribution in [0.5, 0.6) is 5.75 Å². The van der Waals surface area contributed by atoms with E-state index in [0.29, 0.717) is 11.4 Å². The highest BCUT2D eigenvalue weighted by atomic mass is 16.5. The predicted molar refractivity (Wildman–Crippen MR) is 85.5 cm³/mol. The van der Waals surface area contributed by atoms with Gasteiger partial charge in [-0.15, -0.1) is 0 Å². The first-order valence-electron chi connectivity index (χ1n) is 7.21. The smallest absolute Gasteiger partial charge is 0.363 e. The minimum absolute atomic E-state index is 0.314. The molecule has 2 aromatic heterocycles. The van der Waals surface area contributed by atoms with Gasteiger partial charge in [0.25, 0.3) is 0 Å². The van der Waals surface area contributed by atoms with Crippen LogP contribution in [-0.2, 0) is 0 Å². The number of esters is 1. The Morgan fingerprint density at radius 1 is 1.05 bits per heavy atom. The average Bonchev–Trinajstić information content (AvgIpc) is 2.93. The Morgan fingerprint density at radius 2 is 1.77 bits per heavy atom. The SMILES string of the molecule is Cc1ccc(C)c(OC(=O)c2cn3c(C)cccc3n2)c1C. The lowest BCUT2D eigenvalue weighted by Gasteiger charge is -2.11. The molecule has 0 unspecified atom stereocenters. The fraction of sp³-hybridized carbons (Fsp3) is 0.222. The number of aromatic nitrogens is 2. The topological polar surface area (TPSA) is 43.6 Å². The van der Waals surface area contributed by atoms with Gasteiger partial charge in [-0.1, -0.05) is 18.2 Å². The first-order chi connectivity index (χ1) is 10.5. The molecule has 0 bridgehead atoms. The van der Waals surface area contributed by atoms with Crippen LogP contribution in [0, 0.1) is 27.7 Å². The lowest BCUT2D eigenvalue weighted by Crippen LogP contribution is -2.11. The molecule has 0 aliphatic rings. The number of fused-ring (bicyclic) bond motifs is 1. The molecule has 2 heterocycles. The Kier molecular flexibility index (Phi) is 3.45. The van der Waals surface area contributed by atoms with Gasteiger partial charge in [0, 0.05) is 11.9 Å². The molecular weight excluding hydrogens is 276 g/mol. The molecule has 0 amide bonds. The van der Waals surface area contributed by atoms with Crippen LogP contribution >= 0.6 is 0 Å². The fourth-order valence-electron chi connectivity index (χ4n) is 2.47. The molecule has 4 heteroatoms. The summed E-state index contributed by atoms with van der Waals surface area (Å²) in [6.45, 7) is 7.86. The van der Waals surface area contributed by atoms with E-state index in [9.17, 15) is 4.79 Å². The number of imidazole rings is 1. The van der Waals surface area contributed by atoms with Gasteiger partial charge in [0.2, 0.25) is 0 Å². The third-order valence-corrected chi connectivity index (χ3v) is 3.97. The summed E-state index contributed by atoms with van der Waals surface area (Å²) in [5, 5.41) is 0. The van der Waals surface area contributed by atoms with Crippen LogP contribution in [0.1, 0.15) is 32.9 Å². The summed E-state index contributed by atoms with van der Waals surface area (Å²) in [6, 6.07) is 9.74. The summed E-state index contributed by atoms with van der Waals surface area (Å²) < 4.78 is 7.48. The molecule has 0 atom stereocenters. The molecular formula is C18H18N2O2. The van der Waals surface area contributed by atoms with Crippen molar-refractivity contribution in [1.82, 2.24) is 9.38 Å². The van der Waals surface area contributed by atoms with Crippen molar-refractivity contribution in [2.24, 2.45) is 0 Å². The van der Waals surface area contributed by atoms with E-state index in [1.54, 1.807) is 6.20 Å². The van der Waals surface area contributed by atoms with E-state index in [-0.39, 0.29) is 0 Å². The number of ether oxygens (including phenoxy) is 1. The first kappa shape index (κ1) is 14.3. The average molecular weight is 294 g/mol. The van der Waals surface area contributed by atoms with Crippen molar-refractivity contribution in [3.8, 4) is 5.75 Å². The molecule has 3 rings (SSSR count). The lowest BCUT2D eigenvalue weighted by molar-refractivity contribution is 0.0727. The van der Waals surface area contributed by atoms with Crippen molar-refractivity contribution < 1.29 is 9.53 Å². The molecule has 0 aliphatic heterocycles. The summed E-state index contributed by atoms with van der Waals surface area (Å²) in [5.74, 6) is 0.193. The van der Waals surface area contributed by atoms with Crippen molar-refractivity contribution >= 4 is 11.6 Å². The largest absolute Gasteiger partial charge is 0.421 e. The number of hydrogen-bond acceptors (Lipinski definition) is 3. The maximum Gasteiger partial charge on any atom is 0.363 e. The lowest BCUT2D eigenvalue weighted by atomic mass is 10.1. The van der Waals surface area contributed by atoms with Crippen molar-refractivity contribution in [3.05, 3.63) is 64.6 Å². The van der Waals surface area contributed by atoms with E-state index >= 15 is 0 Å². The number of aryl methyl sites for hydroxylation is 3. The van der Waals surface area contributed by atoms with Gasteiger partial charge in [0.15, 0.2) is 5.69 Å². The standard InChI is InChI=1S/C18H18N2O2/c1-11-8-9-12(2)17(14(11)4)22-18(21)15-10-20-13(3)6-5-7-16(20)19-15/h5-10H,1-4H3. The molecule has 0 fully saturated rings. The molecule has 22 heavy (non-hydrogen) atoms. The van der Waals surface area contributed by atoms with Crippen molar-refractivity contribution in [2.75, 3.05) is 0 Å². The summed E-state index contributed by atoms with van der Waals surface area (Å²) in [6.07, 6.45) is 1.72. The fourth-order valence-corrected chi connectivity index (χ4v) is 2.47. The van der Waals surface area contributed by atoms with E-state index in [4.69, 9.17) is 4.74 Å². The monoisotopic (exact) mass is 294 g/mol. The second-order valence-electron chi connectivity index (χ2n) is 5.56. The van der Waals surface area contributed by atoms with Crippen LogP contribution in [0.3, 0.4) is 0 Å². The molecule has 0 spiro atoms. The summed E-state index contributed by atoms with van der Waals surface area (Å²) in [4.78, 5) is 16.8. The molecule has 0 N–H and O–H groups in total. The number of hydrogen-bond donors (Lipinski definition) is 0. The third kappa shape index (κ3) is 2.37. The maximum atomic E-state index is 12.4. The van der Waals surface area contributed by atoms with Gasteiger partial charge in [0.1, 0.15) is 11.4 Å². The highest BCUT2D eigenvalue weighted by Gasteiger charge is 2.17. The van der Waals surface area contributed by atoms with Gasteiger partial charge < -0.3 is 9.14 Å². The number of nitrogens with zero attached hydrogens (tertiary/aromatic N) is 2. The minimum Gasteiger partial charge on any atom is -0.421 e. The van der Waals surface area contributed by atoms with Crippen LogP contribution in [0.4, 0.5) is 0 Å². The Morgan fingerprint density at radius 3 is 2.50 bits per heavy atom. The Balaban J connectivity index is 1.97. The Labute approximate surface area is 129 Å². The van der Waals surface area contributed by atoms with E-state index in [2.05, 4.69) is 4.98 Å². The van der Waals surface area contributed by atoms with E-state index < -0.39 is 5.97 Å². The van der Waals surface area contributed by atoms with Gasteiger partial charge in [-0.25, -0.2) is 9.78 Å². The van der Waals surface area contributed by atoms with Crippen molar-refractivity contribution in [2.45, 2.75) is 27.7 Å². The van der Waals surface area contributed by atoms with E-state index in [1.807, 2.05) is 62.4 Å². The van der Waals surface area contributed by atoms with Gasteiger partial charge in [-0.3, -0.25) is 0 Å². The number of benzene rings is 1. The van der Waals surface area contributed by atoms with Crippen LogP contribution in [0.2, 0.25) is 0 Å². The molecule has 4 nitrogen and oxygen atoms in total. The number of rotatable bonds is 2. The maximum absolute atomic E-state index is 12.4. The number of pyridine rings is 1. The second-order valence-corrected chi connectivity index (χ2v) is 5.56. The van der Waals surface area contributed by atoms with E-state index in [0.717, 1.165) is 28.0 Å². The highest BCUT2D eigenvalue weighted by Crippen LogP contribution is 2.26. The van der Waals surface area contributed by atoms with Gasteiger partial charge in [-0.05, 0) is 56.5 Å². The van der Waals surface area contributed by atoms with Crippen molar-refractivity contribution in [3.63, 3.8) is 0 Å². The van der Waals surface area contributed by atoms with Crippen LogP contribution in [-0.4, -0.2) is 15.4 Å². The molecule has 0 aliphatic carbocycles. The summed E-state index contributed by atoms with van der Waals surface area (Å²) in [7, 11) is 0. The normalized spacial score (nSPS) is 10.9. The molecule has 0 saturated heterocycles. The van der Waals surface area contributed by atoms with Crippen LogP contribution in [0.25, 0.3) is 5.65 Å². The summed E-state index contributed by atoms with van der Waals surface area (Å²) in [5.41, 5.74) is 5.09. The van der Waals surface area contributed by atoms with Gasteiger partial charge >= 0.3 is 5.97 Å². The second kappa shape index (κ2) is 5.30. The molecule has 0 saturated carbocycles. The van der Waals surface area contributed by atoms with Gasteiger partial charge in [-0.2, -0.15) is 0 Å². The Hall–Kier alpha value is -2.62. The van der Waals surface area contributed by atoms with E-state index in [1.165, 1.54) is 0 Å². The zero-order valence-corrected chi connectivity index (χ0v) is 13.2. The molecule has 112 valence electrons. The molecule has 0 radical (unpaired) electrons. The number of carbonyl (C=O) groups is 1. The predicted octanol–water partition coefficient (Wildman–Crippen LogP) is 3.79. The number of carbonyl (C=O) groups excluding carboxylic acids is 1. The molecule has 1 aromatic carbocycles. The Bertz CT molecular complexity index is 878. The third-order valence-electron chi connectivity index (χ3n) is 3.97. The van der Waals surface area contributed by atoms with Crippen LogP contribution < -0.4 is 4.74 Å². The first-order valence-corrected chi connectivity index (χ1v) is 7.21. The molecule has 3 aromatic rings. The van der Waals surface area contributed by atoms with Crippen LogP contribution in [0.15, 0.2) is 36.5 Å². The van der Waals surface area contributed by atoms with Gasteiger partial charge in [0.05, 0.1) is 0 Å². The quantitative estimate of drug-likeness (QED) is 0.533. The van der Waals surface area contributed by atoms with Crippen molar-refractivity contribution in [1.29, 1.82) is 0 Å². The summed E-state index contributed by atoms with van der Waals surface area (Å²) >= 11 is 0. The zero-order chi connectivity index (χ0) is 15.9. The minimum atomic E-state index is -0.431.